The molecule has 1 aromatic carbocycles. The van der Waals surface area contributed by atoms with Gasteiger partial charge in [-0.3, -0.25) is 0 Å². The molecule has 0 saturated heterocycles. The van der Waals surface area contributed by atoms with Gasteiger partial charge in [0.05, 0.1) is 6.61 Å². The van der Waals surface area contributed by atoms with Gasteiger partial charge < -0.3 is 14.8 Å². The molecule has 118 valence electrons. The fraction of sp³-hybridized carbons (Fsp3) is 0.667. The minimum absolute atomic E-state index is 0.533. The zero-order valence-corrected chi connectivity index (χ0v) is 13.7. The van der Waals surface area contributed by atoms with Gasteiger partial charge >= 0.3 is 0 Å². The van der Waals surface area contributed by atoms with E-state index in [4.69, 9.17) is 9.47 Å². The molecule has 1 aromatic rings. The lowest BCUT2D eigenvalue weighted by molar-refractivity contribution is 0.199. The molecule has 3 nitrogen and oxygen atoms in total. The molecule has 1 N–H and O–H groups in total. The molecular weight excluding hydrogens is 262 g/mol. The number of benzene rings is 1. The molecule has 0 spiro atoms. The van der Waals surface area contributed by atoms with E-state index in [0.717, 1.165) is 18.0 Å². The molecule has 21 heavy (non-hydrogen) atoms. The Morgan fingerprint density at radius 2 is 1.71 bits per heavy atom. The smallest absolute Gasteiger partial charge is 0.161 e. The van der Waals surface area contributed by atoms with Crippen molar-refractivity contribution in [3.05, 3.63) is 24.3 Å². The van der Waals surface area contributed by atoms with Crippen LogP contribution in [0.5, 0.6) is 11.5 Å². The molecule has 1 fully saturated rings. The van der Waals surface area contributed by atoms with Crippen LogP contribution in [0.3, 0.4) is 0 Å². The van der Waals surface area contributed by atoms with Gasteiger partial charge in [-0.2, -0.15) is 0 Å². The average molecular weight is 291 g/mol. The van der Waals surface area contributed by atoms with Crippen LogP contribution in [0.25, 0.3) is 0 Å². The lowest BCUT2D eigenvalue weighted by Gasteiger charge is -2.34. The Balaban J connectivity index is 1.68. The predicted octanol–water partition coefficient (Wildman–Crippen LogP) is 4.02. The Morgan fingerprint density at radius 1 is 1.10 bits per heavy atom. The highest BCUT2D eigenvalue weighted by Gasteiger charge is 2.26. The van der Waals surface area contributed by atoms with E-state index in [1.54, 1.807) is 0 Å². The molecular formula is C18H29NO2. The van der Waals surface area contributed by atoms with Crippen LogP contribution in [0, 0.1) is 5.41 Å². The Kier molecular flexibility index (Phi) is 5.92. The van der Waals surface area contributed by atoms with Crippen LogP contribution >= 0.6 is 0 Å². The summed E-state index contributed by atoms with van der Waals surface area (Å²) in [5.41, 5.74) is 0.533. The number of para-hydroxylation sites is 2. The lowest BCUT2D eigenvalue weighted by atomic mass is 9.75. The van der Waals surface area contributed by atoms with Crippen molar-refractivity contribution in [1.82, 2.24) is 5.32 Å². The van der Waals surface area contributed by atoms with Gasteiger partial charge in [0.1, 0.15) is 6.61 Å². The third kappa shape index (κ3) is 5.24. The summed E-state index contributed by atoms with van der Waals surface area (Å²) < 4.78 is 11.4. The van der Waals surface area contributed by atoms with Gasteiger partial charge in [0, 0.05) is 12.6 Å². The van der Waals surface area contributed by atoms with Crippen molar-refractivity contribution >= 4 is 0 Å². The molecule has 1 aliphatic carbocycles. The topological polar surface area (TPSA) is 30.5 Å². The van der Waals surface area contributed by atoms with Crippen molar-refractivity contribution in [3.8, 4) is 11.5 Å². The third-order valence-corrected chi connectivity index (χ3v) is 4.28. The zero-order chi connectivity index (χ0) is 15.1. The van der Waals surface area contributed by atoms with Crippen molar-refractivity contribution in [1.29, 1.82) is 0 Å². The Morgan fingerprint density at radius 3 is 2.33 bits per heavy atom. The SMILES string of the molecule is CCOc1ccccc1OCCNC1CCC(C)(C)CC1. The largest absolute Gasteiger partial charge is 0.490 e. The van der Waals surface area contributed by atoms with Gasteiger partial charge in [-0.1, -0.05) is 26.0 Å². The summed E-state index contributed by atoms with van der Waals surface area (Å²) in [6.45, 7) is 8.98. The third-order valence-electron chi connectivity index (χ3n) is 4.28. The summed E-state index contributed by atoms with van der Waals surface area (Å²) in [5.74, 6) is 1.67. The summed E-state index contributed by atoms with van der Waals surface area (Å²) in [6, 6.07) is 8.53. The molecule has 0 unspecified atom stereocenters. The molecule has 0 aliphatic heterocycles. The minimum atomic E-state index is 0.533. The maximum Gasteiger partial charge on any atom is 0.161 e. The number of hydrogen-bond donors (Lipinski definition) is 1. The van der Waals surface area contributed by atoms with E-state index in [2.05, 4.69) is 19.2 Å². The second-order valence-electron chi connectivity index (χ2n) is 6.62. The van der Waals surface area contributed by atoms with Crippen LogP contribution in [-0.2, 0) is 0 Å². The Bertz CT molecular complexity index is 421. The van der Waals surface area contributed by atoms with Gasteiger partial charge in [-0.15, -0.1) is 0 Å². The van der Waals surface area contributed by atoms with E-state index in [1.165, 1.54) is 25.7 Å². The van der Waals surface area contributed by atoms with Crippen molar-refractivity contribution < 1.29 is 9.47 Å². The van der Waals surface area contributed by atoms with E-state index in [9.17, 15) is 0 Å². The molecule has 0 heterocycles. The standard InChI is InChI=1S/C18H29NO2/c1-4-20-16-7-5-6-8-17(16)21-14-13-19-15-9-11-18(2,3)12-10-15/h5-8,15,19H,4,9-14H2,1-3H3. The van der Waals surface area contributed by atoms with Crippen LogP contribution in [0.4, 0.5) is 0 Å². The first-order valence-electron chi connectivity index (χ1n) is 8.19. The van der Waals surface area contributed by atoms with Crippen molar-refractivity contribution in [3.63, 3.8) is 0 Å². The average Bonchev–Trinajstić information content (AvgIpc) is 2.47. The van der Waals surface area contributed by atoms with Crippen LogP contribution in [-0.4, -0.2) is 25.8 Å². The first-order chi connectivity index (χ1) is 10.1. The maximum atomic E-state index is 5.83. The molecule has 0 aromatic heterocycles. The van der Waals surface area contributed by atoms with Crippen LogP contribution in [0.2, 0.25) is 0 Å². The molecule has 0 atom stereocenters. The number of nitrogens with one attached hydrogen (secondary N) is 1. The molecule has 2 rings (SSSR count). The molecule has 0 radical (unpaired) electrons. The van der Waals surface area contributed by atoms with Crippen LogP contribution in [0.1, 0.15) is 46.5 Å². The van der Waals surface area contributed by atoms with Crippen molar-refractivity contribution in [2.45, 2.75) is 52.5 Å². The van der Waals surface area contributed by atoms with Gasteiger partial charge in [0.2, 0.25) is 0 Å². The first-order valence-corrected chi connectivity index (χ1v) is 8.19. The van der Waals surface area contributed by atoms with E-state index < -0.39 is 0 Å². The number of hydrogen-bond acceptors (Lipinski definition) is 3. The monoisotopic (exact) mass is 291 g/mol. The highest BCUT2D eigenvalue weighted by molar-refractivity contribution is 5.39. The second kappa shape index (κ2) is 7.69. The highest BCUT2D eigenvalue weighted by Crippen LogP contribution is 2.34. The Labute approximate surface area is 129 Å². The summed E-state index contributed by atoms with van der Waals surface area (Å²) in [6.07, 6.45) is 5.20. The van der Waals surface area contributed by atoms with Crippen LogP contribution in [0.15, 0.2) is 24.3 Å². The molecule has 0 amide bonds. The van der Waals surface area contributed by atoms with Crippen LogP contribution < -0.4 is 14.8 Å². The van der Waals surface area contributed by atoms with E-state index in [0.29, 0.717) is 24.7 Å². The summed E-state index contributed by atoms with van der Waals surface area (Å²) >= 11 is 0. The van der Waals surface area contributed by atoms with Gasteiger partial charge in [-0.05, 0) is 50.2 Å². The van der Waals surface area contributed by atoms with Crippen molar-refractivity contribution in [2.75, 3.05) is 19.8 Å². The second-order valence-corrected chi connectivity index (χ2v) is 6.62. The van der Waals surface area contributed by atoms with Gasteiger partial charge in [-0.25, -0.2) is 0 Å². The predicted molar refractivity (Wildman–Crippen MR) is 87.1 cm³/mol. The normalized spacial score (nSPS) is 18.4. The van der Waals surface area contributed by atoms with Gasteiger partial charge in [0.15, 0.2) is 11.5 Å². The summed E-state index contributed by atoms with van der Waals surface area (Å²) in [4.78, 5) is 0. The van der Waals surface area contributed by atoms with E-state index >= 15 is 0 Å². The number of ether oxygens (including phenoxy) is 2. The summed E-state index contributed by atoms with van der Waals surface area (Å²) in [7, 11) is 0. The van der Waals surface area contributed by atoms with E-state index in [-0.39, 0.29) is 0 Å². The molecule has 1 aliphatic rings. The highest BCUT2D eigenvalue weighted by atomic mass is 16.5. The number of rotatable bonds is 7. The minimum Gasteiger partial charge on any atom is -0.490 e. The quantitative estimate of drug-likeness (QED) is 0.770. The lowest BCUT2D eigenvalue weighted by Crippen LogP contribution is -2.37. The summed E-state index contributed by atoms with van der Waals surface area (Å²) in [5, 5.41) is 3.62. The fourth-order valence-electron chi connectivity index (χ4n) is 2.87. The van der Waals surface area contributed by atoms with E-state index in [1.807, 2.05) is 31.2 Å². The van der Waals surface area contributed by atoms with Crippen molar-refractivity contribution in [2.24, 2.45) is 5.41 Å². The fourth-order valence-corrected chi connectivity index (χ4v) is 2.87. The maximum absolute atomic E-state index is 5.83. The molecule has 1 saturated carbocycles. The Hall–Kier alpha value is -1.22. The molecule has 0 bridgehead atoms. The first kappa shape index (κ1) is 16.2. The zero-order valence-electron chi connectivity index (χ0n) is 13.7. The molecule has 3 heteroatoms. The van der Waals surface area contributed by atoms with Gasteiger partial charge in [0.25, 0.3) is 0 Å².